The number of nitrogens with two attached hydrogens (primary N) is 1. The van der Waals surface area contributed by atoms with Crippen molar-refractivity contribution in [1.82, 2.24) is 4.72 Å². The Morgan fingerprint density at radius 1 is 1.37 bits per heavy atom. The fourth-order valence-corrected chi connectivity index (χ4v) is 2.44. The molecule has 1 rings (SSSR count). The molecule has 0 bridgehead atoms. The summed E-state index contributed by atoms with van der Waals surface area (Å²) in [6.07, 6.45) is 0. The predicted molar refractivity (Wildman–Crippen MR) is 69.3 cm³/mol. The lowest BCUT2D eigenvalue weighted by atomic mass is 10.1. The van der Waals surface area contributed by atoms with Gasteiger partial charge in [-0.3, -0.25) is 4.79 Å². The summed E-state index contributed by atoms with van der Waals surface area (Å²) < 4.78 is 38.8. The number of carbonyl (C=O) groups excluding carboxylic acids is 1. The number of hydrogen-bond donors (Lipinski definition) is 2. The largest absolute Gasteiger partial charge is 0.320 e. The van der Waals surface area contributed by atoms with Crippen LogP contribution in [0.15, 0.2) is 23.1 Å². The van der Waals surface area contributed by atoms with Gasteiger partial charge in [-0.25, -0.2) is 17.5 Å². The van der Waals surface area contributed by atoms with Crippen LogP contribution in [0, 0.1) is 18.7 Å². The topological polar surface area (TPSA) is 89.3 Å². The molecule has 5 nitrogen and oxygen atoms in total. The van der Waals surface area contributed by atoms with Crippen molar-refractivity contribution in [3.63, 3.8) is 0 Å². The van der Waals surface area contributed by atoms with Crippen molar-refractivity contribution in [1.29, 1.82) is 0 Å². The molecule has 0 heterocycles. The van der Waals surface area contributed by atoms with Crippen LogP contribution in [0.25, 0.3) is 0 Å². The maximum atomic E-state index is 13.1. The summed E-state index contributed by atoms with van der Waals surface area (Å²) in [5.41, 5.74) is 5.75. The van der Waals surface area contributed by atoms with Crippen LogP contribution in [0.4, 0.5) is 4.39 Å². The Bertz CT molecular complexity index is 585. The van der Waals surface area contributed by atoms with E-state index in [1.165, 1.54) is 6.92 Å². The highest BCUT2D eigenvalue weighted by Gasteiger charge is 2.24. The molecular formula is C12H17FN2O3S. The SMILES string of the molecule is Cc1cc(S(=O)(=O)NC(=O)[C@H](N)C(C)C)ccc1F. The number of hydrogen-bond acceptors (Lipinski definition) is 4. The van der Waals surface area contributed by atoms with Gasteiger partial charge in [0.15, 0.2) is 0 Å². The Hall–Kier alpha value is -1.47. The summed E-state index contributed by atoms with van der Waals surface area (Å²) in [7, 11) is -4.02. The van der Waals surface area contributed by atoms with E-state index in [0.29, 0.717) is 0 Å². The first-order valence-corrected chi connectivity index (χ1v) is 7.22. The molecule has 0 aliphatic rings. The number of benzene rings is 1. The van der Waals surface area contributed by atoms with E-state index in [0.717, 1.165) is 18.2 Å². The van der Waals surface area contributed by atoms with Crippen LogP contribution in [0.3, 0.4) is 0 Å². The standard InChI is InChI=1S/C12H17FN2O3S/c1-7(2)11(14)12(16)15-19(17,18)9-4-5-10(13)8(3)6-9/h4-7,11H,14H2,1-3H3,(H,15,16)/t11-/m1/s1. The number of carbonyl (C=O) groups is 1. The predicted octanol–water partition coefficient (Wildman–Crippen LogP) is 0.922. The highest BCUT2D eigenvalue weighted by atomic mass is 32.2. The molecule has 0 radical (unpaired) electrons. The van der Waals surface area contributed by atoms with Gasteiger partial charge in [-0.05, 0) is 36.6 Å². The van der Waals surface area contributed by atoms with Crippen molar-refractivity contribution in [3.8, 4) is 0 Å². The lowest BCUT2D eigenvalue weighted by molar-refractivity contribution is -0.121. The van der Waals surface area contributed by atoms with Crippen LogP contribution in [0.5, 0.6) is 0 Å². The van der Waals surface area contributed by atoms with E-state index in [1.54, 1.807) is 13.8 Å². The molecule has 0 aliphatic heterocycles. The van der Waals surface area contributed by atoms with Crippen molar-refractivity contribution in [2.45, 2.75) is 31.7 Å². The number of amides is 1. The van der Waals surface area contributed by atoms with Crippen LogP contribution < -0.4 is 10.5 Å². The quantitative estimate of drug-likeness (QED) is 0.862. The van der Waals surface area contributed by atoms with Crippen molar-refractivity contribution < 1.29 is 17.6 Å². The molecule has 0 saturated carbocycles. The molecule has 1 aromatic carbocycles. The lowest BCUT2D eigenvalue weighted by Crippen LogP contribution is -2.46. The molecule has 0 spiro atoms. The van der Waals surface area contributed by atoms with Gasteiger partial charge in [0, 0.05) is 0 Å². The molecule has 1 amide bonds. The highest BCUT2D eigenvalue weighted by molar-refractivity contribution is 7.90. The Labute approximate surface area is 112 Å². The van der Waals surface area contributed by atoms with Gasteiger partial charge in [-0.15, -0.1) is 0 Å². The average Bonchev–Trinajstić information content (AvgIpc) is 2.30. The molecule has 106 valence electrons. The van der Waals surface area contributed by atoms with Crippen LogP contribution in [0.2, 0.25) is 0 Å². The summed E-state index contributed by atoms with van der Waals surface area (Å²) in [6, 6.07) is 2.37. The number of nitrogens with one attached hydrogen (secondary N) is 1. The Morgan fingerprint density at radius 2 is 1.95 bits per heavy atom. The van der Waals surface area contributed by atoms with Crippen LogP contribution in [-0.2, 0) is 14.8 Å². The van der Waals surface area contributed by atoms with Gasteiger partial charge in [0.25, 0.3) is 15.9 Å². The maximum Gasteiger partial charge on any atom is 0.264 e. The molecule has 7 heteroatoms. The number of aryl methyl sites for hydroxylation is 1. The summed E-state index contributed by atoms with van der Waals surface area (Å²) in [5, 5.41) is 0. The van der Waals surface area contributed by atoms with Gasteiger partial charge in [-0.1, -0.05) is 13.8 Å². The first-order valence-electron chi connectivity index (χ1n) is 5.73. The fourth-order valence-electron chi connectivity index (χ4n) is 1.35. The van der Waals surface area contributed by atoms with Gasteiger partial charge < -0.3 is 5.73 Å². The van der Waals surface area contributed by atoms with E-state index in [4.69, 9.17) is 5.73 Å². The van der Waals surface area contributed by atoms with Gasteiger partial charge in [0.2, 0.25) is 0 Å². The normalized spacial score (nSPS) is 13.4. The molecule has 0 aromatic heterocycles. The zero-order valence-corrected chi connectivity index (χ0v) is 11.8. The van der Waals surface area contributed by atoms with Gasteiger partial charge >= 0.3 is 0 Å². The second-order valence-corrected chi connectivity index (χ2v) is 6.33. The molecule has 0 unspecified atom stereocenters. The Balaban J connectivity index is 2.99. The summed E-state index contributed by atoms with van der Waals surface area (Å²) in [6.45, 7) is 4.86. The van der Waals surface area contributed by atoms with E-state index in [9.17, 15) is 17.6 Å². The van der Waals surface area contributed by atoms with E-state index in [1.807, 2.05) is 4.72 Å². The van der Waals surface area contributed by atoms with Crippen molar-refractivity contribution in [2.24, 2.45) is 11.7 Å². The van der Waals surface area contributed by atoms with Crippen LogP contribution in [-0.4, -0.2) is 20.4 Å². The van der Waals surface area contributed by atoms with Gasteiger partial charge in [0.1, 0.15) is 5.82 Å². The highest BCUT2D eigenvalue weighted by Crippen LogP contribution is 2.14. The maximum absolute atomic E-state index is 13.1. The third kappa shape index (κ3) is 3.74. The fraction of sp³-hybridized carbons (Fsp3) is 0.417. The summed E-state index contributed by atoms with van der Waals surface area (Å²) in [5.74, 6) is -1.48. The third-order valence-corrected chi connectivity index (χ3v) is 4.04. The zero-order chi connectivity index (χ0) is 14.8. The van der Waals surface area contributed by atoms with Crippen molar-refractivity contribution in [3.05, 3.63) is 29.6 Å². The Morgan fingerprint density at radius 3 is 2.42 bits per heavy atom. The minimum absolute atomic E-state index is 0.171. The number of sulfonamides is 1. The third-order valence-electron chi connectivity index (χ3n) is 2.70. The molecule has 1 aromatic rings. The van der Waals surface area contributed by atoms with E-state index >= 15 is 0 Å². The smallest absolute Gasteiger partial charge is 0.264 e. The zero-order valence-electron chi connectivity index (χ0n) is 11.0. The minimum atomic E-state index is -4.02. The van der Waals surface area contributed by atoms with Crippen LogP contribution in [0.1, 0.15) is 19.4 Å². The van der Waals surface area contributed by atoms with E-state index < -0.39 is 27.8 Å². The second-order valence-electron chi connectivity index (χ2n) is 4.65. The van der Waals surface area contributed by atoms with Crippen molar-refractivity contribution >= 4 is 15.9 Å². The molecule has 1 atom stereocenters. The van der Waals surface area contributed by atoms with E-state index in [2.05, 4.69) is 0 Å². The summed E-state index contributed by atoms with van der Waals surface area (Å²) in [4.78, 5) is 11.5. The first-order chi connectivity index (χ1) is 8.65. The van der Waals surface area contributed by atoms with E-state index in [-0.39, 0.29) is 16.4 Å². The molecule has 0 saturated heterocycles. The monoisotopic (exact) mass is 288 g/mol. The minimum Gasteiger partial charge on any atom is -0.320 e. The second kappa shape index (κ2) is 5.66. The average molecular weight is 288 g/mol. The number of rotatable bonds is 4. The van der Waals surface area contributed by atoms with Crippen molar-refractivity contribution in [2.75, 3.05) is 0 Å². The molecular weight excluding hydrogens is 271 g/mol. The van der Waals surface area contributed by atoms with Crippen LogP contribution >= 0.6 is 0 Å². The molecule has 3 N–H and O–H groups in total. The molecule has 0 aliphatic carbocycles. The van der Waals surface area contributed by atoms with Gasteiger partial charge in [-0.2, -0.15) is 0 Å². The first kappa shape index (κ1) is 15.6. The summed E-state index contributed by atoms with van der Waals surface area (Å²) >= 11 is 0. The molecule has 0 fully saturated rings. The lowest BCUT2D eigenvalue weighted by Gasteiger charge is -2.15. The van der Waals surface area contributed by atoms with Gasteiger partial charge in [0.05, 0.1) is 10.9 Å². The number of halogens is 1. The molecule has 19 heavy (non-hydrogen) atoms. The Kier molecular flexibility index (Phi) is 4.65.